The van der Waals surface area contributed by atoms with Gasteiger partial charge in [0.05, 0.1) is 0 Å². The Balaban J connectivity index is -0.000000245. The van der Waals surface area contributed by atoms with Crippen LogP contribution in [0.15, 0.2) is 0 Å². The van der Waals surface area contributed by atoms with Crippen LogP contribution in [0.5, 0.6) is 0 Å². The van der Waals surface area contributed by atoms with Gasteiger partial charge in [-0.15, -0.1) is 0 Å². The van der Waals surface area contributed by atoms with Crippen LogP contribution in [0.2, 0.25) is 0 Å². The summed E-state index contributed by atoms with van der Waals surface area (Å²) < 4.78 is 27.0. The first-order chi connectivity index (χ1) is 3.42. The monoisotopic (exact) mass is 186 g/mol. The summed E-state index contributed by atoms with van der Waals surface area (Å²) in [5, 5.41) is 7.71. The van der Waals surface area contributed by atoms with Gasteiger partial charge in [0.1, 0.15) is 0 Å². The summed E-state index contributed by atoms with van der Waals surface area (Å²) in [5.74, 6) is -2.79. The topological polar surface area (TPSA) is 91.7 Å². The Kier molecular flexibility index (Phi) is 12.3. The molecule has 5 nitrogen and oxygen atoms in total. The molecule has 0 aromatic rings. The summed E-state index contributed by atoms with van der Waals surface area (Å²) >= 11 is 0. The minimum absolute atomic E-state index is 0. The molecular weight excluding hydrogens is 182 g/mol. The second kappa shape index (κ2) is 7.05. The molecule has 0 aromatic carbocycles. The van der Waals surface area contributed by atoms with E-state index in [1.54, 1.807) is 0 Å². The van der Waals surface area contributed by atoms with Gasteiger partial charge in [-0.05, 0) is 0 Å². The van der Waals surface area contributed by atoms with E-state index in [0.717, 1.165) is 0 Å². The fraction of sp³-hybridized carbons (Fsp3) is 0.500. The zero-order valence-corrected chi connectivity index (χ0v) is 10.6. The fourth-order valence-electron chi connectivity index (χ4n) is 0.156. The Morgan fingerprint density at radius 1 is 1.30 bits per heavy atom. The van der Waals surface area contributed by atoms with E-state index in [0.29, 0.717) is 0 Å². The second-order valence-corrected chi connectivity index (χ2v) is 2.57. The van der Waals surface area contributed by atoms with E-state index in [4.69, 9.17) is 9.66 Å². The van der Waals surface area contributed by atoms with Gasteiger partial charge in [-0.3, -0.25) is 9.35 Å². The molecule has 0 aromatic heterocycles. The molecule has 0 aliphatic rings. The first-order valence-corrected chi connectivity index (χ1v) is 3.20. The molecule has 0 aliphatic heterocycles. The number of carboxylic acid groups (broad SMARTS) is 1. The van der Waals surface area contributed by atoms with Gasteiger partial charge in [-0.2, -0.15) is 8.42 Å². The third-order valence-corrected chi connectivity index (χ3v) is 0.918. The molecule has 0 fully saturated rings. The van der Waals surface area contributed by atoms with Crippen LogP contribution in [0.1, 0.15) is 0 Å². The molecule has 10 heavy (non-hydrogen) atoms. The smallest absolute Gasteiger partial charge is 0.321 e. The van der Waals surface area contributed by atoms with Gasteiger partial charge in [-0.25, -0.2) is 0 Å². The Hall–Kier alpha value is 1.38. The van der Waals surface area contributed by atoms with Crippen LogP contribution in [-0.4, -0.2) is 88.9 Å². The van der Waals surface area contributed by atoms with Crippen molar-refractivity contribution in [2.45, 2.75) is 0 Å². The van der Waals surface area contributed by atoms with E-state index < -0.39 is 21.8 Å². The van der Waals surface area contributed by atoms with Gasteiger partial charge in [0.2, 0.25) is 0 Å². The van der Waals surface area contributed by atoms with Crippen molar-refractivity contribution in [1.29, 1.82) is 0 Å². The number of rotatable bonds is 2. The molecule has 2 radical (unpaired) electrons. The molecular formula is C2H4Na2O5S. The minimum Gasteiger partial charge on any atom is -0.480 e. The zero-order chi connectivity index (χ0) is 6.78. The third kappa shape index (κ3) is 16.2. The normalized spacial score (nSPS) is 8.90. The van der Waals surface area contributed by atoms with Gasteiger partial charge < -0.3 is 5.11 Å². The van der Waals surface area contributed by atoms with E-state index in [1.165, 1.54) is 0 Å². The molecule has 0 saturated carbocycles. The van der Waals surface area contributed by atoms with Crippen LogP contribution in [0.25, 0.3) is 0 Å². The largest absolute Gasteiger partial charge is 0.480 e. The molecule has 0 amide bonds. The fourth-order valence-corrected chi connectivity index (χ4v) is 0.468. The van der Waals surface area contributed by atoms with Crippen molar-refractivity contribution < 1.29 is 22.9 Å². The maximum absolute atomic E-state index is 9.62. The van der Waals surface area contributed by atoms with Crippen LogP contribution in [0, 0.1) is 0 Å². The van der Waals surface area contributed by atoms with Crippen molar-refractivity contribution >= 4 is 75.2 Å². The summed E-state index contributed by atoms with van der Waals surface area (Å²) in [6.45, 7) is 0. The maximum Gasteiger partial charge on any atom is 0.321 e. The van der Waals surface area contributed by atoms with Crippen molar-refractivity contribution in [2.24, 2.45) is 0 Å². The van der Waals surface area contributed by atoms with Crippen molar-refractivity contribution in [3.05, 3.63) is 0 Å². The van der Waals surface area contributed by atoms with Gasteiger partial charge in [0.25, 0.3) is 10.1 Å². The molecule has 0 aliphatic carbocycles. The number of aliphatic carboxylic acids is 1. The van der Waals surface area contributed by atoms with Crippen LogP contribution in [0.3, 0.4) is 0 Å². The quantitative estimate of drug-likeness (QED) is 0.392. The molecule has 0 bridgehead atoms. The van der Waals surface area contributed by atoms with E-state index >= 15 is 0 Å². The molecule has 0 unspecified atom stereocenters. The molecule has 0 spiro atoms. The maximum atomic E-state index is 9.62. The van der Waals surface area contributed by atoms with Gasteiger partial charge >= 0.3 is 5.97 Å². The summed E-state index contributed by atoms with van der Waals surface area (Å²) in [6.07, 6.45) is 0. The van der Waals surface area contributed by atoms with Gasteiger partial charge in [0.15, 0.2) is 5.75 Å². The average Bonchev–Trinajstić information content (AvgIpc) is 1.21. The molecule has 0 rings (SSSR count). The van der Waals surface area contributed by atoms with Crippen LogP contribution in [0.4, 0.5) is 0 Å². The predicted molar refractivity (Wildman–Crippen MR) is 35.6 cm³/mol. The Morgan fingerprint density at radius 2 is 1.60 bits per heavy atom. The summed E-state index contributed by atoms with van der Waals surface area (Å²) in [5.41, 5.74) is 0. The van der Waals surface area contributed by atoms with Gasteiger partial charge in [-0.1, -0.05) is 0 Å². The van der Waals surface area contributed by atoms with Crippen molar-refractivity contribution in [2.75, 3.05) is 5.75 Å². The summed E-state index contributed by atoms with van der Waals surface area (Å²) in [6, 6.07) is 0. The van der Waals surface area contributed by atoms with Crippen molar-refractivity contribution in [3.8, 4) is 0 Å². The minimum atomic E-state index is -4.32. The van der Waals surface area contributed by atoms with Crippen LogP contribution >= 0.6 is 0 Å². The molecule has 50 valence electrons. The Morgan fingerprint density at radius 3 is 1.60 bits per heavy atom. The van der Waals surface area contributed by atoms with E-state index in [1.807, 2.05) is 0 Å². The number of carbonyl (C=O) groups is 1. The first-order valence-electron chi connectivity index (χ1n) is 1.59. The summed E-state index contributed by atoms with van der Waals surface area (Å²) in [4.78, 5) is 9.48. The number of hydrogen-bond donors (Lipinski definition) is 2. The molecule has 0 heterocycles. The number of hydrogen-bond acceptors (Lipinski definition) is 3. The Labute approximate surface area is 103 Å². The van der Waals surface area contributed by atoms with E-state index in [-0.39, 0.29) is 59.1 Å². The van der Waals surface area contributed by atoms with Crippen LogP contribution in [-0.2, 0) is 14.9 Å². The van der Waals surface area contributed by atoms with E-state index in [2.05, 4.69) is 0 Å². The predicted octanol–water partition coefficient (Wildman–Crippen LogP) is -1.80. The summed E-state index contributed by atoms with van der Waals surface area (Å²) in [7, 11) is -4.32. The zero-order valence-electron chi connectivity index (χ0n) is 5.73. The second-order valence-electron chi connectivity index (χ2n) is 1.12. The van der Waals surface area contributed by atoms with Crippen molar-refractivity contribution in [1.82, 2.24) is 0 Å². The standard InChI is InChI=1S/C2H4O5S.2Na/c3-2(4)1-8(5,6)7;;/h1H2,(H,3,4)(H,5,6,7);;. The molecule has 0 atom stereocenters. The molecule has 0 saturated heterocycles. The van der Waals surface area contributed by atoms with Crippen LogP contribution < -0.4 is 0 Å². The Bertz CT molecular complexity index is 184. The molecule has 2 N–H and O–H groups in total. The van der Waals surface area contributed by atoms with Gasteiger partial charge in [0, 0.05) is 59.1 Å². The first kappa shape index (κ1) is 17.5. The van der Waals surface area contributed by atoms with Crippen molar-refractivity contribution in [3.63, 3.8) is 0 Å². The average molecular weight is 186 g/mol. The SMILES string of the molecule is O=C(O)CS(=O)(=O)O.[Na].[Na]. The third-order valence-electron chi connectivity index (χ3n) is 0.306. The van der Waals surface area contributed by atoms with E-state index in [9.17, 15) is 13.2 Å². The molecule has 8 heteroatoms. The number of carboxylic acids is 1.